The number of benzene rings is 1. The van der Waals surface area contributed by atoms with Gasteiger partial charge in [0.05, 0.1) is 6.42 Å². The Bertz CT molecular complexity index is 1160. The number of ether oxygens (including phenoxy) is 2. The van der Waals surface area contributed by atoms with Crippen LogP contribution in [0.1, 0.15) is 18.7 Å². The summed E-state index contributed by atoms with van der Waals surface area (Å²) in [5.41, 5.74) is 6.36. The smallest absolute Gasteiger partial charge is 0.395 e. The van der Waals surface area contributed by atoms with Crippen molar-refractivity contribution in [3.8, 4) is 11.5 Å². The first-order valence-corrected chi connectivity index (χ1v) is 9.61. The highest BCUT2D eigenvalue weighted by Crippen LogP contribution is 2.45. The van der Waals surface area contributed by atoms with Gasteiger partial charge in [-0.25, -0.2) is 9.97 Å². The van der Waals surface area contributed by atoms with Crippen molar-refractivity contribution in [1.29, 1.82) is 0 Å². The van der Waals surface area contributed by atoms with E-state index in [2.05, 4.69) is 24.5 Å². The number of hydrogen-bond acceptors (Lipinski definition) is 7. The molecule has 1 atom stereocenters. The van der Waals surface area contributed by atoms with E-state index in [-0.39, 0.29) is 35.4 Å². The number of aromatic nitrogens is 4. The molecule has 3 aromatic rings. The molecule has 0 aliphatic carbocycles. The molecule has 0 saturated carbocycles. The summed E-state index contributed by atoms with van der Waals surface area (Å²) in [5.74, 6) is 0.111. The molecule has 1 saturated heterocycles. The van der Waals surface area contributed by atoms with Gasteiger partial charge in [0.25, 0.3) is 0 Å². The minimum Gasteiger partial charge on any atom is -0.395 e. The van der Waals surface area contributed by atoms with Crippen molar-refractivity contribution in [2.75, 3.05) is 25.4 Å². The van der Waals surface area contributed by atoms with Gasteiger partial charge < -0.3 is 20.1 Å². The first-order valence-electron chi connectivity index (χ1n) is 9.61. The van der Waals surface area contributed by atoms with E-state index in [1.54, 1.807) is 4.90 Å². The lowest BCUT2D eigenvalue weighted by Gasteiger charge is -2.16. The lowest BCUT2D eigenvalue weighted by atomic mass is 10.1. The van der Waals surface area contributed by atoms with Crippen LogP contribution in [-0.2, 0) is 6.42 Å². The second kappa shape index (κ2) is 6.77. The van der Waals surface area contributed by atoms with Crippen molar-refractivity contribution in [2.24, 2.45) is 5.92 Å². The number of halogens is 5. The summed E-state index contributed by atoms with van der Waals surface area (Å²) in [5, 5.41) is 4.77. The fraction of sp³-hybridized carbons (Fsp3) is 0.500. The average molecular weight is 444 g/mol. The monoisotopic (exact) mass is 444 g/mol. The lowest BCUT2D eigenvalue weighted by molar-refractivity contribution is -0.286. The van der Waals surface area contributed by atoms with Crippen LogP contribution in [0.25, 0.3) is 16.6 Å². The third-order valence-electron chi connectivity index (χ3n) is 5.43. The SMILES string of the molecule is Nc1nc2c3c(ccc2c2nc(CC4CCN(CCC(F)(F)F)C4)nn12)OC(F)(F)O3. The minimum absolute atomic E-state index is 0.0298. The molecule has 166 valence electrons. The summed E-state index contributed by atoms with van der Waals surface area (Å²) >= 11 is 0. The fourth-order valence-electron chi connectivity index (χ4n) is 4.05. The van der Waals surface area contributed by atoms with Gasteiger partial charge in [0.15, 0.2) is 23.0 Å². The van der Waals surface area contributed by atoms with Crippen molar-refractivity contribution in [3.63, 3.8) is 0 Å². The van der Waals surface area contributed by atoms with Crippen molar-refractivity contribution in [2.45, 2.75) is 31.7 Å². The Morgan fingerprint density at radius 1 is 1.19 bits per heavy atom. The number of nitrogen functional groups attached to an aromatic ring is 1. The van der Waals surface area contributed by atoms with E-state index in [1.807, 2.05) is 0 Å². The summed E-state index contributed by atoms with van der Waals surface area (Å²) in [7, 11) is 0. The largest absolute Gasteiger partial charge is 0.586 e. The summed E-state index contributed by atoms with van der Waals surface area (Å²) in [6, 6.07) is 2.86. The Balaban J connectivity index is 1.40. The maximum Gasteiger partial charge on any atom is 0.586 e. The number of anilines is 1. The summed E-state index contributed by atoms with van der Waals surface area (Å²) in [4.78, 5) is 10.4. The van der Waals surface area contributed by atoms with Gasteiger partial charge in [-0.15, -0.1) is 13.9 Å². The van der Waals surface area contributed by atoms with Crippen LogP contribution in [0.2, 0.25) is 0 Å². The highest BCUT2D eigenvalue weighted by Gasteiger charge is 2.45. The highest BCUT2D eigenvalue weighted by molar-refractivity contribution is 5.97. The van der Waals surface area contributed by atoms with Crippen LogP contribution < -0.4 is 15.2 Å². The number of fused-ring (bicyclic) bond motifs is 5. The number of nitrogens with two attached hydrogens (primary N) is 1. The van der Waals surface area contributed by atoms with Crippen LogP contribution in [0.4, 0.5) is 27.9 Å². The first kappa shape index (κ1) is 20.0. The van der Waals surface area contributed by atoms with E-state index in [1.165, 1.54) is 16.6 Å². The first-order chi connectivity index (χ1) is 14.6. The van der Waals surface area contributed by atoms with Crippen molar-refractivity contribution in [1.82, 2.24) is 24.5 Å². The van der Waals surface area contributed by atoms with Gasteiger partial charge in [0.2, 0.25) is 5.95 Å². The summed E-state index contributed by atoms with van der Waals surface area (Å²) in [6.07, 6.45) is -7.62. The molecular weight excluding hydrogens is 427 g/mol. The van der Waals surface area contributed by atoms with Crippen LogP contribution in [0.5, 0.6) is 11.5 Å². The topological polar surface area (TPSA) is 90.8 Å². The van der Waals surface area contributed by atoms with Crippen LogP contribution >= 0.6 is 0 Å². The van der Waals surface area contributed by atoms with Crippen LogP contribution in [0.3, 0.4) is 0 Å². The Morgan fingerprint density at radius 3 is 2.77 bits per heavy atom. The van der Waals surface area contributed by atoms with Gasteiger partial charge >= 0.3 is 12.5 Å². The molecule has 31 heavy (non-hydrogen) atoms. The van der Waals surface area contributed by atoms with Gasteiger partial charge in [-0.1, -0.05) is 0 Å². The second-order valence-corrected chi connectivity index (χ2v) is 7.71. The van der Waals surface area contributed by atoms with Crippen molar-refractivity contribution >= 4 is 22.5 Å². The number of rotatable bonds is 4. The molecule has 4 heterocycles. The molecule has 1 aromatic carbocycles. The number of hydrogen-bond donors (Lipinski definition) is 1. The molecule has 0 bridgehead atoms. The predicted octanol–water partition coefficient (Wildman–Crippen LogP) is 3.00. The van der Waals surface area contributed by atoms with Gasteiger partial charge in [-0.05, 0) is 31.0 Å². The number of likely N-dealkylation sites (tertiary alicyclic amines) is 1. The molecule has 2 aliphatic heterocycles. The molecule has 5 rings (SSSR count). The van der Waals surface area contributed by atoms with Crippen molar-refractivity contribution < 1.29 is 31.4 Å². The van der Waals surface area contributed by atoms with E-state index >= 15 is 0 Å². The molecule has 2 aromatic heterocycles. The lowest BCUT2D eigenvalue weighted by Crippen LogP contribution is -2.26. The molecule has 2 aliphatic rings. The Morgan fingerprint density at radius 2 is 2.00 bits per heavy atom. The predicted molar refractivity (Wildman–Crippen MR) is 97.8 cm³/mol. The summed E-state index contributed by atoms with van der Waals surface area (Å²) < 4.78 is 74.6. The average Bonchev–Trinajstić information content (AvgIpc) is 3.36. The molecule has 1 unspecified atom stereocenters. The molecular formula is C18H17F5N6O2. The van der Waals surface area contributed by atoms with E-state index < -0.39 is 18.9 Å². The third-order valence-corrected chi connectivity index (χ3v) is 5.43. The standard InChI is InChI=1S/C18H17F5N6O2/c19-17(20,21)4-6-28-5-3-9(8-28)7-12-25-15-10-1-2-11-14(31-18(22,23)30-11)13(10)26-16(24)29(15)27-12/h1-2,9H,3-8H2,(H2,24,26). The number of alkyl halides is 5. The maximum atomic E-state index is 13.5. The summed E-state index contributed by atoms with van der Waals surface area (Å²) in [6.45, 7) is 1.07. The zero-order valence-electron chi connectivity index (χ0n) is 16.0. The van der Waals surface area contributed by atoms with Crippen LogP contribution in [0, 0.1) is 5.92 Å². The molecule has 8 nitrogen and oxygen atoms in total. The quantitative estimate of drug-likeness (QED) is 0.619. The Hall–Kier alpha value is -2.96. The maximum absolute atomic E-state index is 13.5. The zero-order chi connectivity index (χ0) is 22.0. The van der Waals surface area contributed by atoms with E-state index in [0.717, 1.165) is 6.42 Å². The van der Waals surface area contributed by atoms with Crippen molar-refractivity contribution in [3.05, 3.63) is 18.0 Å². The van der Waals surface area contributed by atoms with E-state index in [9.17, 15) is 22.0 Å². The molecule has 0 amide bonds. The molecule has 13 heteroatoms. The van der Waals surface area contributed by atoms with E-state index in [4.69, 9.17) is 5.73 Å². The second-order valence-electron chi connectivity index (χ2n) is 7.71. The van der Waals surface area contributed by atoms with Gasteiger partial charge in [0.1, 0.15) is 5.52 Å². The minimum atomic E-state index is -4.17. The Labute approximate surface area is 171 Å². The molecule has 0 radical (unpaired) electrons. The van der Waals surface area contributed by atoms with Gasteiger partial charge in [0, 0.05) is 24.9 Å². The van der Waals surface area contributed by atoms with Crippen LogP contribution in [0.15, 0.2) is 12.1 Å². The molecule has 2 N–H and O–H groups in total. The highest BCUT2D eigenvalue weighted by atomic mass is 19.4. The Kier molecular flexibility index (Phi) is 4.36. The van der Waals surface area contributed by atoms with E-state index in [0.29, 0.717) is 36.4 Å². The van der Waals surface area contributed by atoms with Gasteiger partial charge in [-0.2, -0.15) is 17.7 Å². The molecule has 1 fully saturated rings. The molecule has 0 spiro atoms. The zero-order valence-corrected chi connectivity index (χ0v) is 16.0. The number of nitrogens with zero attached hydrogens (tertiary/aromatic N) is 5. The van der Waals surface area contributed by atoms with Crippen LogP contribution in [-0.4, -0.2) is 56.6 Å². The normalized spacial score (nSPS) is 20.9. The third kappa shape index (κ3) is 3.77. The fourth-order valence-corrected chi connectivity index (χ4v) is 4.05. The van der Waals surface area contributed by atoms with Gasteiger partial charge in [-0.3, -0.25) is 0 Å².